The molecule has 0 aromatic heterocycles. The molecule has 0 radical (unpaired) electrons. The Morgan fingerprint density at radius 2 is 1.95 bits per heavy atom. The maximum atomic E-state index is 12.3. The fraction of sp³-hybridized carbons (Fsp3) is 0.929. The van der Waals surface area contributed by atoms with Crippen molar-refractivity contribution < 1.29 is 14.3 Å². The van der Waals surface area contributed by atoms with Crippen LogP contribution >= 0.6 is 0 Å². The third kappa shape index (κ3) is 5.09. The van der Waals surface area contributed by atoms with Gasteiger partial charge in [0.25, 0.3) is 0 Å². The Labute approximate surface area is 116 Å². The van der Waals surface area contributed by atoms with E-state index in [1.807, 2.05) is 32.7 Å². The van der Waals surface area contributed by atoms with Gasteiger partial charge in [-0.25, -0.2) is 0 Å². The van der Waals surface area contributed by atoms with Gasteiger partial charge in [0.15, 0.2) is 0 Å². The summed E-state index contributed by atoms with van der Waals surface area (Å²) in [5.74, 6) is 0.169. The van der Waals surface area contributed by atoms with Gasteiger partial charge in [-0.15, -0.1) is 0 Å². The third-order valence-electron chi connectivity index (χ3n) is 3.67. The van der Waals surface area contributed by atoms with E-state index in [0.29, 0.717) is 13.2 Å². The summed E-state index contributed by atoms with van der Waals surface area (Å²) in [6.45, 7) is 9.41. The van der Waals surface area contributed by atoms with Gasteiger partial charge >= 0.3 is 0 Å². The number of hydrogen-bond acceptors (Lipinski definition) is 4. The number of nitrogens with one attached hydrogen (secondary N) is 1. The highest BCUT2D eigenvalue weighted by Gasteiger charge is 2.32. The van der Waals surface area contributed by atoms with E-state index in [2.05, 4.69) is 5.32 Å². The minimum absolute atomic E-state index is 0.169. The summed E-state index contributed by atoms with van der Waals surface area (Å²) in [4.78, 5) is 14.2. The molecule has 0 spiro atoms. The summed E-state index contributed by atoms with van der Waals surface area (Å²) in [6, 6.07) is 0. The number of nitrogens with zero attached hydrogens (tertiary/aromatic N) is 1. The molecule has 1 rings (SSSR count). The predicted octanol–water partition coefficient (Wildman–Crippen LogP) is 1.03. The van der Waals surface area contributed by atoms with Crippen molar-refractivity contribution in [2.24, 2.45) is 0 Å². The molecule has 19 heavy (non-hydrogen) atoms. The molecule has 0 bridgehead atoms. The number of amides is 1. The summed E-state index contributed by atoms with van der Waals surface area (Å²) in [5.41, 5.74) is -0.483. The number of piperidine rings is 1. The molecule has 1 aliphatic rings. The average molecular weight is 272 g/mol. The lowest BCUT2D eigenvalue weighted by Crippen LogP contribution is -2.55. The predicted molar refractivity (Wildman–Crippen MR) is 75.2 cm³/mol. The number of ether oxygens (including phenoxy) is 2. The molecule has 1 saturated heterocycles. The number of carbonyl (C=O) groups excluding carboxylic acids is 1. The molecule has 0 aromatic rings. The van der Waals surface area contributed by atoms with E-state index in [-0.39, 0.29) is 12.0 Å². The quantitative estimate of drug-likeness (QED) is 0.703. The monoisotopic (exact) mass is 272 g/mol. The lowest BCUT2D eigenvalue weighted by molar-refractivity contribution is -0.139. The van der Waals surface area contributed by atoms with E-state index >= 15 is 0 Å². The van der Waals surface area contributed by atoms with Crippen LogP contribution in [0.3, 0.4) is 0 Å². The molecule has 1 N–H and O–H groups in total. The van der Waals surface area contributed by atoms with Crippen molar-refractivity contribution in [3.8, 4) is 0 Å². The second-order valence-corrected chi connectivity index (χ2v) is 5.43. The number of hydrogen-bond donors (Lipinski definition) is 1. The highest BCUT2D eigenvalue weighted by Crippen LogP contribution is 2.17. The van der Waals surface area contributed by atoms with Gasteiger partial charge in [0.05, 0.1) is 24.9 Å². The standard InChI is InChI=1S/C14H28N2O3/c1-5-18-10-11-19-12-6-8-16(9-7-12)13(17)14(2,3)15-4/h12,15H,5-11H2,1-4H3. The average Bonchev–Trinajstić information content (AvgIpc) is 2.43. The Morgan fingerprint density at radius 1 is 1.32 bits per heavy atom. The van der Waals surface area contributed by atoms with Crippen molar-refractivity contribution in [2.75, 3.05) is 40.0 Å². The Kier molecular flexibility index (Phi) is 6.75. The van der Waals surface area contributed by atoms with Crippen LogP contribution in [0.5, 0.6) is 0 Å². The first-order chi connectivity index (χ1) is 9.01. The number of likely N-dealkylation sites (tertiary alicyclic amines) is 1. The van der Waals surface area contributed by atoms with Crippen molar-refractivity contribution in [1.29, 1.82) is 0 Å². The van der Waals surface area contributed by atoms with Gasteiger partial charge in [-0.2, -0.15) is 0 Å². The molecular weight excluding hydrogens is 244 g/mol. The zero-order chi connectivity index (χ0) is 14.3. The molecule has 5 heteroatoms. The molecule has 1 amide bonds. The maximum absolute atomic E-state index is 12.3. The Bertz CT molecular complexity index is 274. The molecule has 5 nitrogen and oxygen atoms in total. The third-order valence-corrected chi connectivity index (χ3v) is 3.67. The van der Waals surface area contributed by atoms with Crippen LogP contribution in [0.2, 0.25) is 0 Å². The Balaban J connectivity index is 2.27. The van der Waals surface area contributed by atoms with Crippen LogP contribution in [0.4, 0.5) is 0 Å². The van der Waals surface area contributed by atoms with Crippen LogP contribution in [0.1, 0.15) is 33.6 Å². The normalized spacial score (nSPS) is 17.8. The SMILES string of the molecule is CCOCCOC1CCN(C(=O)C(C)(C)NC)CC1. The van der Waals surface area contributed by atoms with Crippen LogP contribution in [0.25, 0.3) is 0 Å². The van der Waals surface area contributed by atoms with Gasteiger partial charge in [-0.1, -0.05) is 0 Å². The summed E-state index contributed by atoms with van der Waals surface area (Å²) in [5, 5.41) is 3.06. The fourth-order valence-corrected chi connectivity index (χ4v) is 2.15. The minimum Gasteiger partial charge on any atom is -0.379 e. The number of carbonyl (C=O) groups is 1. The van der Waals surface area contributed by atoms with E-state index < -0.39 is 5.54 Å². The maximum Gasteiger partial charge on any atom is 0.242 e. The number of likely N-dealkylation sites (N-methyl/N-ethyl adjacent to an activating group) is 1. The van der Waals surface area contributed by atoms with Crippen LogP contribution in [0.15, 0.2) is 0 Å². The van der Waals surface area contributed by atoms with Crippen molar-refractivity contribution in [2.45, 2.75) is 45.3 Å². The van der Waals surface area contributed by atoms with E-state index in [1.54, 1.807) is 0 Å². The molecule has 1 fully saturated rings. The van der Waals surface area contributed by atoms with Gasteiger partial charge in [-0.3, -0.25) is 4.79 Å². The highest BCUT2D eigenvalue weighted by atomic mass is 16.5. The molecule has 1 heterocycles. The Hall–Kier alpha value is -0.650. The summed E-state index contributed by atoms with van der Waals surface area (Å²) in [7, 11) is 1.82. The van der Waals surface area contributed by atoms with Gasteiger partial charge < -0.3 is 19.7 Å². The Morgan fingerprint density at radius 3 is 2.47 bits per heavy atom. The van der Waals surface area contributed by atoms with Crippen LogP contribution in [0, 0.1) is 0 Å². The lowest BCUT2D eigenvalue weighted by Gasteiger charge is -2.36. The molecule has 0 unspecified atom stereocenters. The van der Waals surface area contributed by atoms with E-state index in [0.717, 1.165) is 32.5 Å². The first kappa shape index (κ1) is 16.4. The molecule has 0 aromatic carbocycles. The number of rotatable bonds is 7. The van der Waals surface area contributed by atoms with Gasteiger partial charge in [0.2, 0.25) is 5.91 Å². The zero-order valence-corrected chi connectivity index (χ0v) is 12.7. The minimum atomic E-state index is -0.483. The summed E-state index contributed by atoms with van der Waals surface area (Å²) < 4.78 is 11.0. The van der Waals surface area contributed by atoms with Gasteiger partial charge in [0.1, 0.15) is 0 Å². The smallest absolute Gasteiger partial charge is 0.242 e. The van der Waals surface area contributed by atoms with E-state index in [4.69, 9.17) is 9.47 Å². The van der Waals surface area contributed by atoms with Gasteiger partial charge in [0, 0.05) is 19.7 Å². The molecule has 0 aliphatic carbocycles. The first-order valence-electron chi connectivity index (χ1n) is 7.19. The topological polar surface area (TPSA) is 50.8 Å². The summed E-state index contributed by atoms with van der Waals surface area (Å²) in [6.07, 6.45) is 2.09. The molecule has 112 valence electrons. The van der Waals surface area contributed by atoms with Gasteiger partial charge in [-0.05, 0) is 40.7 Å². The lowest BCUT2D eigenvalue weighted by atomic mass is 10.0. The molecule has 0 atom stereocenters. The second-order valence-electron chi connectivity index (χ2n) is 5.43. The van der Waals surface area contributed by atoms with Crippen molar-refractivity contribution in [1.82, 2.24) is 10.2 Å². The van der Waals surface area contributed by atoms with Crippen molar-refractivity contribution >= 4 is 5.91 Å². The highest BCUT2D eigenvalue weighted by molar-refractivity contribution is 5.85. The van der Waals surface area contributed by atoms with E-state index in [1.165, 1.54) is 0 Å². The van der Waals surface area contributed by atoms with Crippen LogP contribution in [-0.4, -0.2) is 62.4 Å². The first-order valence-corrected chi connectivity index (χ1v) is 7.19. The second kappa shape index (κ2) is 7.82. The molecular formula is C14H28N2O3. The zero-order valence-electron chi connectivity index (χ0n) is 12.7. The van der Waals surface area contributed by atoms with Crippen molar-refractivity contribution in [3.05, 3.63) is 0 Å². The van der Waals surface area contributed by atoms with Crippen LogP contribution < -0.4 is 5.32 Å². The fourth-order valence-electron chi connectivity index (χ4n) is 2.15. The molecule has 1 aliphatic heterocycles. The van der Waals surface area contributed by atoms with Crippen molar-refractivity contribution in [3.63, 3.8) is 0 Å². The van der Waals surface area contributed by atoms with E-state index in [9.17, 15) is 4.79 Å². The van der Waals surface area contributed by atoms with Crippen LogP contribution in [-0.2, 0) is 14.3 Å². The molecule has 0 saturated carbocycles. The summed E-state index contributed by atoms with van der Waals surface area (Å²) >= 11 is 0. The largest absolute Gasteiger partial charge is 0.379 e.